The molecule has 0 spiro atoms. The minimum absolute atomic E-state index is 0.0488. The van der Waals surface area contributed by atoms with Gasteiger partial charge in [0.1, 0.15) is 4.83 Å². The van der Waals surface area contributed by atoms with Crippen LogP contribution in [0, 0.1) is 12.8 Å². The standard InChI is InChI=1S/C16H21N3O2S/c1-4-18-9-17-14-12(15(18)20)11(3)13(22-14)16(21)19-7-5-6-10(2)8-19/h9-10H,4-8H2,1-3H3. The number of rotatable bonds is 2. The molecule has 1 atom stereocenters. The predicted octanol–water partition coefficient (Wildman–Crippen LogP) is 2.66. The number of aryl methyl sites for hydroxylation is 2. The van der Waals surface area contributed by atoms with Gasteiger partial charge in [0.15, 0.2) is 0 Å². The Bertz CT molecular complexity index is 778. The largest absolute Gasteiger partial charge is 0.338 e. The van der Waals surface area contributed by atoms with Crippen LogP contribution >= 0.6 is 11.3 Å². The van der Waals surface area contributed by atoms with Gasteiger partial charge in [-0.05, 0) is 38.2 Å². The third-order valence-electron chi connectivity index (χ3n) is 4.40. The number of hydrogen-bond acceptors (Lipinski definition) is 4. The van der Waals surface area contributed by atoms with Crippen LogP contribution in [0.15, 0.2) is 11.1 Å². The second kappa shape index (κ2) is 5.83. The van der Waals surface area contributed by atoms with Crippen LogP contribution < -0.4 is 5.56 Å². The lowest BCUT2D eigenvalue weighted by molar-refractivity contribution is 0.0687. The van der Waals surface area contributed by atoms with Crippen molar-refractivity contribution in [2.45, 2.75) is 40.2 Å². The third-order valence-corrected chi connectivity index (χ3v) is 5.58. The number of carbonyl (C=O) groups excluding carboxylic acids is 1. The predicted molar refractivity (Wildman–Crippen MR) is 88.6 cm³/mol. The fourth-order valence-corrected chi connectivity index (χ4v) is 4.21. The van der Waals surface area contributed by atoms with Crippen LogP contribution in [-0.4, -0.2) is 33.4 Å². The zero-order chi connectivity index (χ0) is 15.9. The highest BCUT2D eigenvalue weighted by Gasteiger charge is 2.26. The second-order valence-corrected chi connectivity index (χ2v) is 7.07. The van der Waals surface area contributed by atoms with E-state index < -0.39 is 0 Å². The number of amides is 1. The molecular formula is C16H21N3O2S. The van der Waals surface area contributed by atoms with Gasteiger partial charge in [0.25, 0.3) is 11.5 Å². The summed E-state index contributed by atoms with van der Waals surface area (Å²) < 4.78 is 1.58. The number of thiophene rings is 1. The quantitative estimate of drug-likeness (QED) is 0.855. The van der Waals surface area contributed by atoms with E-state index in [0.29, 0.717) is 27.6 Å². The summed E-state index contributed by atoms with van der Waals surface area (Å²) in [5, 5.41) is 0.600. The molecule has 0 saturated carbocycles. The van der Waals surface area contributed by atoms with E-state index in [4.69, 9.17) is 0 Å². The third kappa shape index (κ3) is 2.45. The molecule has 1 aliphatic heterocycles. The Morgan fingerprint density at radius 1 is 1.50 bits per heavy atom. The van der Waals surface area contributed by atoms with Crippen LogP contribution in [0.3, 0.4) is 0 Å². The average Bonchev–Trinajstić information content (AvgIpc) is 2.85. The lowest BCUT2D eigenvalue weighted by Gasteiger charge is -2.30. The summed E-state index contributed by atoms with van der Waals surface area (Å²) in [5.41, 5.74) is 0.732. The molecule has 0 aromatic carbocycles. The van der Waals surface area contributed by atoms with Crippen molar-refractivity contribution in [3.63, 3.8) is 0 Å². The van der Waals surface area contributed by atoms with Crippen LogP contribution in [0.25, 0.3) is 10.2 Å². The molecular weight excluding hydrogens is 298 g/mol. The van der Waals surface area contributed by atoms with E-state index in [1.54, 1.807) is 10.9 Å². The number of likely N-dealkylation sites (tertiary alicyclic amines) is 1. The summed E-state index contributed by atoms with van der Waals surface area (Å²) in [4.78, 5) is 32.9. The topological polar surface area (TPSA) is 55.2 Å². The second-order valence-electron chi connectivity index (χ2n) is 6.07. The van der Waals surface area contributed by atoms with E-state index in [1.807, 2.05) is 18.7 Å². The lowest BCUT2D eigenvalue weighted by Crippen LogP contribution is -2.39. The van der Waals surface area contributed by atoms with Gasteiger partial charge in [-0.1, -0.05) is 6.92 Å². The van der Waals surface area contributed by atoms with Crippen molar-refractivity contribution in [3.05, 3.63) is 27.1 Å². The molecule has 1 aliphatic rings. The molecule has 3 rings (SSSR count). The number of piperidine rings is 1. The van der Waals surface area contributed by atoms with Gasteiger partial charge in [0, 0.05) is 19.6 Å². The zero-order valence-corrected chi connectivity index (χ0v) is 14.1. The van der Waals surface area contributed by atoms with Gasteiger partial charge in [-0.2, -0.15) is 0 Å². The molecule has 118 valence electrons. The van der Waals surface area contributed by atoms with Gasteiger partial charge in [-0.15, -0.1) is 11.3 Å². The van der Waals surface area contributed by atoms with Crippen molar-refractivity contribution < 1.29 is 4.79 Å². The minimum atomic E-state index is -0.0488. The number of fused-ring (bicyclic) bond motifs is 1. The van der Waals surface area contributed by atoms with Crippen molar-refractivity contribution in [3.8, 4) is 0 Å². The van der Waals surface area contributed by atoms with Crippen molar-refractivity contribution in [2.24, 2.45) is 5.92 Å². The van der Waals surface area contributed by atoms with E-state index in [-0.39, 0.29) is 11.5 Å². The molecule has 3 heterocycles. The summed E-state index contributed by atoms with van der Waals surface area (Å²) in [6.07, 6.45) is 3.80. The van der Waals surface area contributed by atoms with Crippen LogP contribution in [0.2, 0.25) is 0 Å². The zero-order valence-electron chi connectivity index (χ0n) is 13.3. The molecule has 6 heteroatoms. The molecule has 0 radical (unpaired) electrons. The molecule has 1 amide bonds. The molecule has 2 aromatic rings. The molecule has 0 N–H and O–H groups in total. The monoisotopic (exact) mass is 319 g/mol. The van der Waals surface area contributed by atoms with Crippen molar-refractivity contribution >= 4 is 27.5 Å². The fraction of sp³-hybridized carbons (Fsp3) is 0.562. The van der Waals surface area contributed by atoms with Gasteiger partial charge in [0.05, 0.1) is 16.6 Å². The fourth-order valence-electron chi connectivity index (χ4n) is 3.11. The van der Waals surface area contributed by atoms with E-state index in [2.05, 4.69) is 11.9 Å². The Hall–Kier alpha value is -1.69. The summed E-state index contributed by atoms with van der Waals surface area (Å²) >= 11 is 1.34. The highest BCUT2D eigenvalue weighted by Crippen LogP contribution is 2.29. The molecule has 22 heavy (non-hydrogen) atoms. The van der Waals surface area contributed by atoms with E-state index in [0.717, 1.165) is 25.1 Å². The minimum Gasteiger partial charge on any atom is -0.338 e. The summed E-state index contributed by atoms with van der Waals surface area (Å²) in [6, 6.07) is 0. The van der Waals surface area contributed by atoms with Crippen molar-refractivity contribution in [1.82, 2.24) is 14.5 Å². The summed E-state index contributed by atoms with van der Waals surface area (Å²) in [5.74, 6) is 0.595. The normalized spacial score (nSPS) is 18.9. The molecule has 1 unspecified atom stereocenters. The molecule has 1 saturated heterocycles. The lowest BCUT2D eigenvalue weighted by atomic mass is 10.00. The number of hydrogen-bond donors (Lipinski definition) is 0. The van der Waals surface area contributed by atoms with Gasteiger partial charge >= 0.3 is 0 Å². The number of carbonyl (C=O) groups is 1. The number of aromatic nitrogens is 2. The maximum absolute atomic E-state index is 12.8. The first-order valence-electron chi connectivity index (χ1n) is 7.80. The smallest absolute Gasteiger partial charge is 0.264 e. The number of nitrogens with zero attached hydrogens (tertiary/aromatic N) is 3. The van der Waals surface area contributed by atoms with Crippen LogP contribution in [-0.2, 0) is 6.54 Å². The van der Waals surface area contributed by atoms with Crippen molar-refractivity contribution in [2.75, 3.05) is 13.1 Å². The first-order chi connectivity index (χ1) is 10.5. The SMILES string of the molecule is CCn1cnc2sc(C(=O)N3CCCC(C)C3)c(C)c2c1=O. The van der Waals surface area contributed by atoms with Gasteiger partial charge in [0.2, 0.25) is 0 Å². The summed E-state index contributed by atoms with van der Waals surface area (Å²) in [6.45, 7) is 8.16. The van der Waals surface area contributed by atoms with Crippen LogP contribution in [0.4, 0.5) is 0 Å². The van der Waals surface area contributed by atoms with Gasteiger partial charge in [-0.3, -0.25) is 14.2 Å². The Morgan fingerprint density at radius 2 is 2.27 bits per heavy atom. The summed E-state index contributed by atoms with van der Waals surface area (Å²) in [7, 11) is 0. The van der Waals surface area contributed by atoms with E-state index in [1.165, 1.54) is 17.8 Å². The highest BCUT2D eigenvalue weighted by atomic mass is 32.1. The average molecular weight is 319 g/mol. The first kappa shape index (κ1) is 15.2. The van der Waals surface area contributed by atoms with Gasteiger partial charge < -0.3 is 4.90 Å². The molecule has 2 aromatic heterocycles. The van der Waals surface area contributed by atoms with E-state index in [9.17, 15) is 9.59 Å². The Morgan fingerprint density at radius 3 is 2.95 bits per heavy atom. The van der Waals surface area contributed by atoms with Crippen LogP contribution in [0.5, 0.6) is 0 Å². The van der Waals surface area contributed by atoms with Gasteiger partial charge in [-0.25, -0.2) is 4.98 Å². The maximum atomic E-state index is 12.8. The Kier molecular flexibility index (Phi) is 4.04. The Labute approximate surface area is 133 Å². The highest BCUT2D eigenvalue weighted by molar-refractivity contribution is 7.20. The van der Waals surface area contributed by atoms with E-state index >= 15 is 0 Å². The van der Waals surface area contributed by atoms with Crippen LogP contribution in [0.1, 0.15) is 41.9 Å². The van der Waals surface area contributed by atoms with Crippen molar-refractivity contribution in [1.29, 1.82) is 0 Å². The first-order valence-corrected chi connectivity index (χ1v) is 8.62. The molecule has 5 nitrogen and oxygen atoms in total. The molecule has 0 bridgehead atoms. The molecule has 0 aliphatic carbocycles. The maximum Gasteiger partial charge on any atom is 0.264 e. The Balaban J connectivity index is 2.04. The molecule has 1 fully saturated rings.